The van der Waals surface area contributed by atoms with Gasteiger partial charge in [-0.05, 0) is 29.3 Å². The van der Waals surface area contributed by atoms with Crippen LogP contribution in [0, 0.1) is 0 Å². The summed E-state index contributed by atoms with van der Waals surface area (Å²) in [5.74, 6) is 0.763. The highest BCUT2D eigenvalue weighted by molar-refractivity contribution is 8.14. The number of hydrogen-bond donors (Lipinski definition) is 0. The average Bonchev–Trinajstić information content (AvgIpc) is 2.52. The first-order valence-corrected chi connectivity index (χ1v) is 5.25. The molecule has 0 unspecified atom stereocenters. The van der Waals surface area contributed by atoms with E-state index in [0.717, 1.165) is 16.9 Å². The van der Waals surface area contributed by atoms with Gasteiger partial charge >= 0.3 is 0 Å². The van der Waals surface area contributed by atoms with E-state index in [1.54, 1.807) is 6.08 Å². The van der Waals surface area contributed by atoms with Crippen molar-refractivity contribution in [3.05, 3.63) is 40.9 Å². The Kier molecular flexibility index (Phi) is 2.42. The molecule has 0 amide bonds. The molecule has 66 valence electrons. The van der Waals surface area contributed by atoms with Crippen molar-refractivity contribution in [3.8, 4) is 0 Å². The molecule has 1 aromatic rings. The maximum absolute atomic E-state index is 11.0. The van der Waals surface area contributed by atoms with Crippen LogP contribution < -0.4 is 0 Å². The van der Waals surface area contributed by atoms with Gasteiger partial charge in [-0.15, -0.1) is 0 Å². The lowest BCUT2D eigenvalue weighted by molar-refractivity contribution is -0.106. The lowest BCUT2D eigenvalue weighted by Gasteiger charge is -2.00. The van der Waals surface area contributed by atoms with E-state index in [9.17, 15) is 4.79 Å². The Morgan fingerprint density at radius 2 is 2.23 bits per heavy atom. The summed E-state index contributed by atoms with van der Waals surface area (Å²) in [6.07, 6.45) is 1.68. The first kappa shape index (κ1) is 8.85. The summed E-state index contributed by atoms with van der Waals surface area (Å²) in [6, 6.07) is 7.57. The van der Waals surface area contributed by atoms with Gasteiger partial charge in [0.25, 0.3) is 0 Å². The van der Waals surface area contributed by atoms with Crippen molar-refractivity contribution >= 4 is 34.1 Å². The quantitative estimate of drug-likeness (QED) is 0.709. The van der Waals surface area contributed by atoms with E-state index in [0.29, 0.717) is 5.02 Å². The number of carbonyl (C=O) groups excluding carboxylic acids is 1. The molecule has 0 aromatic heterocycles. The van der Waals surface area contributed by atoms with E-state index in [2.05, 4.69) is 0 Å². The molecule has 0 spiro atoms. The molecule has 0 bridgehead atoms. The number of rotatable bonds is 1. The van der Waals surface area contributed by atoms with Crippen molar-refractivity contribution in [3.63, 3.8) is 0 Å². The fraction of sp³-hybridized carbons (Fsp3) is 0.100. The van der Waals surface area contributed by atoms with Gasteiger partial charge in [-0.3, -0.25) is 4.79 Å². The number of carbonyl (C=O) groups is 1. The molecule has 0 fully saturated rings. The fourth-order valence-electron chi connectivity index (χ4n) is 1.23. The highest BCUT2D eigenvalue weighted by Gasteiger charge is 2.13. The SMILES string of the molecule is O=C1C=C(c2cccc(Cl)c2)CS1. The van der Waals surface area contributed by atoms with Crippen LogP contribution in [0.1, 0.15) is 5.56 Å². The first-order chi connectivity index (χ1) is 6.25. The zero-order valence-electron chi connectivity index (χ0n) is 6.79. The Labute approximate surface area is 85.8 Å². The van der Waals surface area contributed by atoms with Crippen molar-refractivity contribution in [2.75, 3.05) is 5.75 Å². The molecule has 13 heavy (non-hydrogen) atoms. The Balaban J connectivity index is 2.36. The zero-order valence-corrected chi connectivity index (χ0v) is 8.36. The van der Waals surface area contributed by atoms with Crippen molar-refractivity contribution < 1.29 is 4.79 Å². The molecule has 0 N–H and O–H groups in total. The number of hydrogen-bond acceptors (Lipinski definition) is 2. The summed E-state index contributed by atoms with van der Waals surface area (Å²) in [5, 5.41) is 0.845. The molecule has 1 aliphatic heterocycles. The summed E-state index contributed by atoms with van der Waals surface area (Å²) in [5.41, 5.74) is 2.11. The van der Waals surface area contributed by atoms with Gasteiger partial charge in [-0.1, -0.05) is 35.5 Å². The number of thioether (sulfide) groups is 1. The third kappa shape index (κ3) is 1.95. The minimum absolute atomic E-state index is 0.134. The van der Waals surface area contributed by atoms with E-state index in [1.807, 2.05) is 24.3 Å². The largest absolute Gasteiger partial charge is 0.282 e. The summed E-state index contributed by atoms with van der Waals surface area (Å²) in [4.78, 5) is 11.0. The van der Waals surface area contributed by atoms with E-state index in [-0.39, 0.29) is 5.12 Å². The van der Waals surface area contributed by atoms with Gasteiger partial charge < -0.3 is 0 Å². The maximum atomic E-state index is 11.0. The minimum Gasteiger partial charge on any atom is -0.282 e. The normalized spacial score (nSPS) is 16.1. The molecule has 1 aromatic carbocycles. The highest BCUT2D eigenvalue weighted by atomic mass is 35.5. The molecule has 0 saturated carbocycles. The van der Waals surface area contributed by atoms with E-state index in [4.69, 9.17) is 11.6 Å². The zero-order chi connectivity index (χ0) is 9.26. The molecule has 1 heterocycles. The second kappa shape index (κ2) is 3.56. The van der Waals surface area contributed by atoms with Gasteiger partial charge in [-0.2, -0.15) is 0 Å². The van der Waals surface area contributed by atoms with Gasteiger partial charge in [0.1, 0.15) is 0 Å². The van der Waals surface area contributed by atoms with Crippen molar-refractivity contribution in [1.29, 1.82) is 0 Å². The molecule has 3 heteroatoms. The minimum atomic E-state index is 0.134. The fourth-order valence-corrected chi connectivity index (χ4v) is 2.19. The van der Waals surface area contributed by atoms with Crippen molar-refractivity contribution in [1.82, 2.24) is 0 Å². The van der Waals surface area contributed by atoms with Crippen LogP contribution in [-0.2, 0) is 4.79 Å². The lowest BCUT2D eigenvalue weighted by atomic mass is 10.1. The first-order valence-electron chi connectivity index (χ1n) is 3.89. The summed E-state index contributed by atoms with van der Waals surface area (Å²) in [7, 11) is 0. The number of benzene rings is 1. The smallest absolute Gasteiger partial charge is 0.212 e. The van der Waals surface area contributed by atoms with Crippen LogP contribution in [0.2, 0.25) is 5.02 Å². The Morgan fingerprint density at radius 1 is 1.38 bits per heavy atom. The average molecular weight is 211 g/mol. The topological polar surface area (TPSA) is 17.1 Å². The van der Waals surface area contributed by atoms with Crippen LogP contribution in [0.4, 0.5) is 0 Å². The molecular formula is C10H7ClOS. The second-order valence-corrected chi connectivity index (χ2v) is 4.20. The van der Waals surface area contributed by atoms with Crippen molar-refractivity contribution in [2.24, 2.45) is 0 Å². The summed E-state index contributed by atoms with van der Waals surface area (Å²) >= 11 is 7.17. The van der Waals surface area contributed by atoms with Crippen LogP contribution >= 0.6 is 23.4 Å². The van der Waals surface area contributed by atoms with Crippen LogP contribution in [0.5, 0.6) is 0 Å². The van der Waals surface area contributed by atoms with Crippen LogP contribution in [0.15, 0.2) is 30.3 Å². The standard InChI is InChI=1S/C10H7ClOS/c11-9-3-1-2-7(4-9)8-5-10(12)13-6-8/h1-5H,6H2. The molecule has 0 atom stereocenters. The van der Waals surface area contributed by atoms with Gasteiger partial charge in [-0.25, -0.2) is 0 Å². The maximum Gasteiger partial charge on any atom is 0.212 e. The Hall–Kier alpha value is -0.730. The molecule has 1 nitrogen and oxygen atoms in total. The van der Waals surface area contributed by atoms with Gasteiger partial charge in [0.05, 0.1) is 0 Å². The van der Waals surface area contributed by atoms with Crippen LogP contribution in [-0.4, -0.2) is 10.9 Å². The predicted octanol–water partition coefficient (Wildman–Crippen LogP) is 3.00. The molecule has 1 aliphatic rings. The third-order valence-electron chi connectivity index (χ3n) is 1.86. The van der Waals surface area contributed by atoms with Gasteiger partial charge in [0.2, 0.25) is 5.12 Å². The summed E-state index contributed by atoms with van der Waals surface area (Å²) < 4.78 is 0. The Bertz CT molecular complexity index is 384. The molecule has 0 aliphatic carbocycles. The van der Waals surface area contributed by atoms with Crippen LogP contribution in [0.25, 0.3) is 5.57 Å². The Morgan fingerprint density at radius 3 is 2.85 bits per heavy atom. The number of halogens is 1. The highest BCUT2D eigenvalue weighted by Crippen LogP contribution is 2.28. The van der Waals surface area contributed by atoms with Gasteiger partial charge in [0, 0.05) is 10.8 Å². The van der Waals surface area contributed by atoms with E-state index in [1.165, 1.54) is 11.8 Å². The molecular weight excluding hydrogens is 204 g/mol. The van der Waals surface area contributed by atoms with E-state index < -0.39 is 0 Å². The second-order valence-electron chi connectivity index (χ2n) is 2.79. The summed E-state index contributed by atoms with van der Waals surface area (Å²) in [6.45, 7) is 0. The van der Waals surface area contributed by atoms with Gasteiger partial charge in [0.15, 0.2) is 0 Å². The molecule has 0 radical (unpaired) electrons. The molecule has 2 rings (SSSR count). The van der Waals surface area contributed by atoms with Crippen LogP contribution in [0.3, 0.4) is 0 Å². The monoisotopic (exact) mass is 210 g/mol. The molecule has 0 saturated heterocycles. The van der Waals surface area contributed by atoms with Crippen molar-refractivity contribution in [2.45, 2.75) is 0 Å². The van der Waals surface area contributed by atoms with E-state index >= 15 is 0 Å². The lowest BCUT2D eigenvalue weighted by Crippen LogP contribution is -1.82. The predicted molar refractivity (Wildman–Crippen MR) is 56.9 cm³/mol. The third-order valence-corrected chi connectivity index (χ3v) is 2.95.